The van der Waals surface area contributed by atoms with Gasteiger partial charge in [-0.15, -0.1) is 0 Å². The molecule has 1 N–H and O–H groups in total. The SMILES string of the molecule is Cc1occc1C(=O)NCc1ccc(OC(C)C)nc1. The summed E-state index contributed by atoms with van der Waals surface area (Å²) in [6, 6.07) is 5.33. The minimum Gasteiger partial charge on any atom is -0.475 e. The maximum atomic E-state index is 11.9. The van der Waals surface area contributed by atoms with Gasteiger partial charge in [-0.25, -0.2) is 4.98 Å². The molecule has 0 radical (unpaired) electrons. The van der Waals surface area contributed by atoms with Crippen molar-refractivity contribution in [1.82, 2.24) is 10.3 Å². The summed E-state index contributed by atoms with van der Waals surface area (Å²) in [7, 11) is 0. The highest BCUT2D eigenvalue weighted by Gasteiger charge is 2.10. The number of hydrogen-bond acceptors (Lipinski definition) is 4. The Morgan fingerprint density at radius 2 is 2.20 bits per heavy atom. The molecule has 0 aliphatic carbocycles. The molecular formula is C15H18N2O3. The first-order chi connectivity index (χ1) is 9.56. The Labute approximate surface area is 118 Å². The van der Waals surface area contributed by atoms with Crippen LogP contribution in [-0.2, 0) is 6.54 Å². The molecule has 0 saturated carbocycles. The van der Waals surface area contributed by atoms with E-state index in [1.165, 1.54) is 6.26 Å². The summed E-state index contributed by atoms with van der Waals surface area (Å²) in [5.74, 6) is 1.04. The number of carbonyl (C=O) groups is 1. The molecule has 0 atom stereocenters. The first kappa shape index (κ1) is 14.1. The highest BCUT2D eigenvalue weighted by Crippen LogP contribution is 2.11. The standard InChI is InChI=1S/C15H18N2O3/c1-10(2)20-14-5-4-12(8-16-14)9-17-15(18)13-6-7-19-11(13)3/h4-8,10H,9H2,1-3H3,(H,17,18). The minimum absolute atomic E-state index is 0.0946. The molecule has 2 aromatic heterocycles. The van der Waals surface area contributed by atoms with Crippen LogP contribution >= 0.6 is 0 Å². The predicted molar refractivity (Wildman–Crippen MR) is 74.6 cm³/mol. The topological polar surface area (TPSA) is 64.4 Å². The Morgan fingerprint density at radius 3 is 2.75 bits per heavy atom. The second-order valence-electron chi connectivity index (χ2n) is 4.74. The fraction of sp³-hybridized carbons (Fsp3) is 0.333. The second-order valence-corrected chi connectivity index (χ2v) is 4.74. The van der Waals surface area contributed by atoms with Crippen LogP contribution < -0.4 is 10.1 Å². The van der Waals surface area contributed by atoms with Crippen LogP contribution in [0, 0.1) is 6.92 Å². The van der Waals surface area contributed by atoms with Gasteiger partial charge in [0.1, 0.15) is 5.76 Å². The van der Waals surface area contributed by atoms with Crippen molar-refractivity contribution in [2.45, 2.75) is 33.4 Å². The number of nitrogens with one attached hydrogen (secondary N) is 1. The van der Waals surface area contributed by atoms with E-state index >= 15 is 0 Å². The first-order valence-electron chi connectivity index (χ1n) is 6.50. The average Bonchev–Trinajstić information content (AvgIpc) is 2.83. The van der Waals surface area contributed by atoms with Crippen LogP contribution in [0.5, 0.6) is 5.88 Å². The Morgan fingerprint density at radius 1 is 1.40 bits per heavy atom. The van der Waals surface area contributed by atoms with Crippen LogP contribution in [0.3, 0.4) is 0 Å². The van der Waals surface area contributed by atoms with Crippen molar-refractivity contribution in [3.05, 3.63) is 47.5 Å². The third-order valence-electron chi connectivity index (χ3n) is 2.71. The number of pyridine rings is 1. The lowest BCUT2D eigenvalue weighted by Gasteiger charge is -2.09. The zero-order chi connectivity index (χ0) is 14.5. The van der Waals surface area contributed by atoms with E-state index in [9.17, 15) is 4.79 Å². The number of aromatic nitrogens is 1. The van der Waals surface area contributed by atoms with Crippen LogP contribution in [0.1, 0.15) is 35.5 Å². The van der Waals surface area contributed by atoms with Crippen LogP contribution in [0.15, 0.2) is 35.1 Å². The lowest BCUT2D eigenvalue weighted by Crippen LogP contribution is -2.23. The quantitative estimate of drug-likeness (QED) is 0.910. The molecule has 0 saturated heterocycles. The molecule has 0 fully saturated rings. The van der Waals surface area contributed by atoms with E-state index < -0.39 is 0 Å². The van der Waals surface area contributed by atoms with Crippen molar-refractivity contribution in [3.63, 3.8) is 0 Å². The Hall–Kier alpha value is -2.30. The van der Waals surface area contributed by atoms with Crippen LogP contribution in [0.2, 0.25) is 0 Å². The number of furan rings is 1. The highest BCUT2D eigenvalue weighted by atomic mass is 16.5. The van der Waals surface area contributed by atoms with Crippen molar-refractivity contribution >= 4 is 5.91 Å². The molecule has 0 aliphatic heterocycles. The predicted octanol–water partition coefficient (Wildman–Crippen LogP) is 2.70. The zero-order valence-electron chi connectivity index (χ0n) is 11.8. The minimum atomic E-state index is -0.154. The van der Waals surface area contributed by atoms with Gasteiger partial charge in [0.05, 0.1) is 17.9 Å². The number of ether oxygens (including phenoxy) is 1. The van der Waals surface area contributed by atoms with E-state index in [1.807, 2.05) is 19.9 Å². The molecule has 1 amide bonds. The summed E-state index contributed by atoms with van der Waals surface area (Å²) in [6.45, 7) is 6.07. The Bertz CT molecular complexity index is 573. The van der Waals surface area contributed by atoms with Crippen LogP contribution in [0.25, 0.3) is 0 Å². The van der Waals surface area contributed by atoms with E-state index in [1.54, 1.807) is 25.3 Å². The molecule has 106 valence electrons. The largest absolute Gasteiger partial charge is 0.475 e. The van der Waals surface area contributed by atoms with Gasteiger partial charge in [0.15, 0.2) is 0 Å². The van der Waals surface area contributed by atoms with Gasteiger partial charge < -0.3 is 14.5 Å². The lowest BCUT2D eigenvalue weighted by atomic mass is 10.2. The summed E-state index contributed by atoms with van der Waals surface area (Å²) < 4.78 is 10.6. The number of amides is 1. The Balaban J connectivity index is 1.91. The smallest absolute Gasteiger partial charge is 0.255 e. The van der Waals surface area contributed by atoms with Crippen LogP contribution in [0.4, 0.5) is 0 Å². The van der Waals surface area contributed by atoms with E-state index in [0.717, 1.165) is 5.56 Å². The molecule has 2 heterocycles. The number of aryl methyl sites for hydroxylation is 1. The molecule has 5 nitrogen and oxygen atoms in total. The van der Waals surface area contributed by atoms with Gasteiger partial charge in [-0.05, 0) is 32.4 Å². The van der Waals surface area contributed by atoms with Crippen molar-refractivity contribution in [3.8, 4) is 5.88 Å². The van der Waals surface area contributed by atoms with Gasteiger partial charge in [-0.1, -0.05) is 6.07 Å². The summed E-state index contributed by atoms with van der Waals surface area (Å²) in [4.78, 5) is 16.1. The summed E-state index contributed by atoms with van der Waals surface area (Å²) in [6.07, 6.45) is 3.29. The molecule has 5 heteroatoms. The molecule has 0 aliphatic rings. The molecule has 20 heavy (non-hydrogen) atoms. The van der Waals surface area contributed by atoms with Crippen molar-refractivity contribution in [1.29, 1.82) is 0 Å². The van der Waals surface area contributed by atoms with E-state index in [2.05, 4.69) is 10.3 Å². The molecule has 0 spiro atoms. The van der Waals surface area contributed by atoms with Gasteiger partial charge in [0.2, 0.25) is 5.88 Å². The normalized spacial score (nSPS) is 10.6. The highest BCUT2D eigenvalue weighted by molar-refractivity contribution is 5.94. The molecular weight excluding hydrogens is 256 g/mol. The maximum absolute atomic E-state index is 11.9. The van der Waals surface area contributed by atoms with Crippen molar-refractivity contribution in [2.24, 2.45) is 0 Å². The molecule has 0 bridgehead atoms. The van der Waals surface area contributed by atoms with E-state index in [0.29, 0.717) is 23.7 Å². The van der Waals surface area contributed by atoms with Gasteiger partial charge in [-0.2, -0.15) is 0 Å². The molecule has 0 unspecified atom stereocenters. The number of nitrogens with zero attached hydrogens (tertiary/aromatic N) is 1. The monoisotopic (exact) mass is 274 g/mol. The fourth-order valence-electron chi connectivity index (χ4n) is 1.72. The van der Waals surface area contributed by atoms with Gasteiger partial charge in [0.25, 0.3) is 5.91 Å². The molecule has 2 rings (SSSR count). The summed E-state index contributed by atoms with van der Waals surface area (Å²) in [5, 5.41) is 2.82. The fourth-order valence-corrected chi connectivity index (χ4v) is 1.72. The number of hydrogen-bond donors (Lipinski definition) is 1. The molecule has 2 aromatic rings. The van der Waals surface area contributed by atoms with Crippen LogP contribution in [-0.4, -0.2) is 17.0 Å². The van der Waals surface area contributed by atoms with Crippen molar-refractivity contribution < 1.29 is 13.9 Å². The summed E-state index contributed by atoms with van der Waals surface area (Å²) in [5.41, 5.74) is 1.47. The van der Waals surface area contributed by atoms with Gasteiger partial charge in [0, 0.05) is 18.8 Å². The third kappa shape index (κ3) is 3.60. The molecule has 0 aromatic carbocycles. The maximum Gasteiger partial charge on any atom is 0.255 e. The zero-order valence-corrected chi connectivity index (χ0v) is 11.8. The van der Waals surface area contributed by atoms with E-state index in [-0.39, 0.29) is 12.0 Å². The summed E-state index contributed by atoms with van der Waals surface area (Å²) >= 11 is 0. The van der Waals surface area contributed by atoms with Gasteiger partial charge >= 0.3 is 0 Å². The third-order valence-corrected chi connectivity index (χ3v) is 2.71. The van der Waals surface area contributed by atoms with Gasteiger partial charge in [-0.3, -0.25) is 4.79 Å². The second kappa shape index (κ2) is 6.23. The first-order valence-corrected chi connectivity index (χ1v) is 6.50. The number of carbonyl (C=O) groups excluding carboxylic acids is 1. The van der Waals surface area contributed by atoms with Crippen molar-refractivity contribution in [2.75, 3.05) is 0 Å². The van der Waals surface area contributed by atoms with E-state index in [4.69, 9.17) is 9.15 Å². The lowest BCUT2D eigenvalue weighted by molar-refractivity contribution is 0.0949. The average molecular weight is 274 g/mol. The number of rotatable bonds is 5. The Kier molecular flexibility index (Phi) is 4.40.